The van der Waals surface area contributed by atoms with Crippen LogP contribution in [0.5, 0.6) is 5.75 Å². The molecule has 0 saturated carbocycles. The van der Waals surface area contributed by atoms with Gasteiger partial charge < -0.3 is 4.74 Å². The van der Waals surface area contributed by atoms with Gasteiger partial charge in [0, 0.05) is 19.8 Å². The Morgan fingerprint density at radius 3 is 2.92 bits per heavy atom. The molecule has 128 valence electrons. The van der Waals surface area contributed by atoms with E-state index in [0.717, 1.165) is 28.9 Å². The maximum Gasteiger partial charge on any atom is 0.292 e. The predicted molar refractivity (Wildman–Crippen MR) is 96.3 cm³/mol. The van der Waals surface area contributed by atoms with Crippen LogP contribution in [0.2, 0.25) is 5.02 Å². The van der Waals surface area contributed by atoms with Crippen molar-refractivity contribution in [3.8, 4) is 5.75 Å². The molecule has 0 spiro atoms. The first-order valence-electron chi connectivity index (χ1n) is 7.95. The molecule has 3 heterocycles. The summed E-state index contributed by atoms with van der Waals surface area (Å²) in [6, 6.07) is 11.3. The van der Waals surface area contributed by atoms with Gasteiger partial charge in [0.2, 0.25) is 0 Å². The van der Waals surface area contributed by atoms with Crippen LogP contribution in [-0.2, 0) is 6.42 Å². The molecule has 0 bridgehead atoms. The molecule has 6 nitrogen and oxygen atoms in total. The molecule has 0 radical (unpaired) electrons. The summed E-state index contributed by atoms with van der Waals surface area (Å²) in [6.45, 7) is 0.587. The number of carbonyl (C=O) groups excluding carboxylic acids is 1. The summed E-state index contributed by atoms with van der Waals surface area (Å²) in [5.41, 5.74) is 3.28. The number of aromatic nitrogens is 2. The zero-order valence-electron chi connectivity index (χ0n) is 13.9. The third-order valence-electron chi connectivity index (χ3n) is 4.46. The van der Waals surface area contributed by atoms with E-state index in [4.69, 9.17) is 16.3 Å². The molecule has 1 amide bonds. The molecule has 2 aromatic heterocycles. The predicted octanol–water partition coefficient (Wildman–Crippen LogP) is 3.05. The first-order valence-corrected chi connectivity index (χ1v) is 8.32. The Morgan fingerprint density at radius 1 is 1.28 bits per heavy atom. The third-order valence-corrected chi connectivity index (χ3v) is 4.68. The highest BCUT2D eigenvalue weighted by molar-refractivity contribution is 6.30. The van der Waals surface area contributed by atoms with E-state index in [1.165, 1.54) is 0 Å². The van der Waals surface area contributed by atoms with Gasteiger partial charge in [0.25, 0.3) is 5.91 Å². The first-order chi connectivity index (χ1) is 12.1. The molecule has 4 rings (SSSR count). The lowest BCUT2D eigenvalue weighted by atomic mass is 10.1. The molecule has 1 aromatic carbocycles. The van der Waals surface area contributed by atoms with Gasteiger partial charge in [0.1, 0.15) is 11.4 Å². The number of benzene rings is 1. The molecule has 25 heavy (non-hydrogen) atoms. The Balaban J connectivity index is 1.70. The number of ether oxygens (including phenoxy) is 1. The molecule has 0 fully saturated rings. The molecule has 7 heteroatoms. The second kappa shape index (κ2) is 5.97. The van der Waals surface area contributed by atoms with E-state index >= 15 is 0 Å². The maximum atomic E-state index is 13.0. The van der Waals surface area contributed by atoms with Gasteiger partial charge in [-0.3, -0.25) is 9.80 Å². The number of halogens is 1. The minimum atomic E-state index is -0.154. The standard InChI is InChI=1S/C18H17ClN4O2/c1-21-17-12(4-3-5-16(17)25-2)8-9-23(21)18(24)15-10-14-7-6-13(19)11-22(14)20-15/h3-7,10-11H,8-9H2,1-2H3. The van der Waals surface area contributed by atoms with Crippen molar-refractivity contribution in [3.63, 3.8) is 0 Å². The number of hydrazine groups is 1. The van der Waals surface area contributed by atoms with Crippen LogP contribution in [0.3, 0.4) is 0 Å². The van der Waals surface area contributed by atoms with Crippen LogP contribution in [0.25, 0.3) is 5.52 Å². The van der Waals surface area contributed by atoms with Crippen molar-refractivity contribution in [2.45, 2.75) is 6.42 Å². The summed E-state index contributed by atoms with van der Waals surface area (Å²) in [7, 11) is 3.50. The van der Waals surface area contributed by atoms with Gasteiger partial charge in [-0.25, -0.2) is 9.52 Å². The van der Waals surface area contributed by atoms with Crippen molar-refractivity contribution in [3.05, 3.63) is 58.9 Å². The number of anilines is 1. The Bertz CT molecular complexity index is 955. The fourth-order valence-corrected chi connectivity index (χ4v) is 3.39. The van der Waals surface area contributed by atoms with Crippen molar-refractivity contribution in [2.24, 2.45) is 0 Å². The van der Waals surface area contributed by atoms with Crippen LogP contribution in [0.1, 0.15) is 16.1 Å². The minimum Gasteiger partial charge on any atom is -0.495 e. The number of rotatable bonds is 2. The largest absolute Gasteiger partial charge is 0.495 e. The van der Waals surface area contributed by atoms with Gasteiger partial charge >= 0.3 is 0 Å². The second-order valence-corrected chi connectivity index (χ2v) is 6.35. The van der Waals surface area contributed by atoms with E-state index in [9.17, 15) is 4.79 Å². The normalized spacial score (nSPS) is 13.9. The summed E-state index contributed by atoms with van der Waals surface area (Å²) >= 11 is 5.99. The van der Waals surface area contributed by atoms with E-state index in [1.807, 2.05) is 30.3 Å². The minimum absolute atomic E-state index is 0.154. The quantitative estimate of drug-likeness (QED) is 0.708. The Morgan fingerprint density at radius 2 is 2.12 bits per heavy atom. The van der Waals surface area contributed by atoms with Crippen LogP contribution in [0.4, 0.5) is 5.69 Å². The summed E-state index contributed by atoms with van der Waals surface area (Å²) in [6.07, 6.45) is 2.45. The third kappa shape index (κ3) is 2.59. The van der Waals surface area contributed by atoms with Gasteiger partial charge in [-0.1, -0.05) is 23.7 Å². The molecule has 3 aromatic rings. The SMILES string of the molecule is COc1cccc2c1N(C)N(C(=O)c1cc3ccc(Cl)cn3n1)CC2. The van der Waals surface area contributed by atoms with Gasteiger partial charge in [0.05, 0.1) is 17.6 Å². The zero-order chi connectivity index (χ0) is 17.6. The van der Waals surface area contributed by atoms with E-state index < -0.39 is 0 Å². The number of para-hydroxylation sites is 1. The van der Waals surface area contributed by atoms with E-state index in [0.29, 0.717) is 17.3 Å². The number of pyridine rings is 1. The van der Waals surface area contributed by atoms with Crippen LogP contribution in [0, 0.1) is 0 Å². The lowest BCUT2D eigenvalue weighted by molar-refractivity contribution is 0.0731. The van der Waals surface area contributed by atoms with Crippen molar-refractivity contribution in [1.29, 1.82) is 0 Å². The molecular formula is C18H17ClN4O2. The van der Waals surface area contributed by atoms with Crippen LogP contribution >= 0.6 is 11.6 Å². The van der Waals surface area contributed by atoms with Crippen LogP contribution < -0.4 is 9.75 Å². The smallest absolute Gasteiger partial charge is 0.292 e. The lowest BCUT2D eigenvalue weighted by Gasteiger charge is -2.39. The summed E-state index contributed by atoms with van der Waals surface area (Å²) < 4.78 is 7.08. The topological polar surface area (TPSA) is 50.1 Å². The van der Waals surface area contributed by atoms with Crippen molar-refractivity contribution >= 4 is 28.7 Å². The molecule has 1 aliphatic heterocycles. The highest BCUT2D eigenvalue weighted by atomic mass is 35.5. The lowest BCUT2D eigenvalue weighted by Crippen LogP contribution is -2.48. The van der Waals surface area contributed by atoms with Gasteiger partial charge in [-0.2, -0.15) is 5.10 Å². The summed E-state index contributed by atoms with van der Waals surface area (Å²) in [5, 5.41) is 8.47. The van der Waals surface area contributed by atoms with E-state index in [-0.39, 0.29) is 5.91 Å². The van der Waals surface area contributed by atoms with Gasteiger partial charge in [0.15, 0.2) is 5.69 Å². The van der Waals surface area contributed by atoms with E-state index in [1.54, 1.807) is 35.0 Å². The van der Waals surface area contributed by atoms with Crippen molar-refractivity contribution in [2.75, 3.05) is 25.7 Å². The number of carbonyl (C=O) groups is 1. The Hall–Kier alpha value is -2.73. The second-order valence-electron chi connectivity index (χ2n) is 5.92. The number of amides is 1. The summed E-state index contributed by atoms with van der Waals surface area (Å²) in [4.78, 5) is 13.0. The first kappa shape index (κ1) is 15.8. The fourth-order valence-electron chi connectivity index (χ4n) is 3.23. The highest BCUT2D eigenvalue weighted by Crippen LogP contribution is 2.36. The van der Waals surface area contributed by atoms with Gasteiger partial charge in [-0.15, -0.1) is 0 Å². The van der Waals surface area contributed by atoms with Crippen molar-refractivity contribution < 1.29 is 9.53 Å². The monoisotopic (exact) mass is 356 g/mol. The van der Waals surface area contributed by atoms with Gasteiger partial charge in [-0.05, 0) is 36.2 Å². The average Bonchev–Trinajstić information content (AvgIpc) is 3.04. The molecular weight excluding hydrogens is 340 g/mol. The highest BCUT2D eigenvalue weighted by Gasteiger charge is 2.30. The number of hydrogen-bond donors (Lipinski definition) is 0. The van der Waals surface area contributed by atoms with E-state index in [2.05, 4.69) is 11.2 Å². The number of methoxy groups -OCH3 is 1. The zero-order valence-corrected chi connectivity index (χ0v) is 14.7. The summed E-state index contributed by atoms with van der Waals surface area (Å²) in [5.74, 6) is 0.596. The maximum absolute atomic E-state index is 13.0. The molecule has 1 aliphatic rings. The number of hydrogen-bond acceptors (Lipinski definition) is 4. The van der Waals surface area contributed by atoms with Crippen LogP contribution in [0.15, 0.2) is 42.6 Å². The van der Waals surface area contributed by atoms with Crippen LogP contribution in [-0.4, -0.2) is 41.2 Å². The number of fused-ring (bicyclic) bond motifs is 2. The molecule has 0 saturated heterocycles. The fraction of sp³-hybridized carbons (Fsp3) is 0.222. The Labute approximate surface area is 150 Å². The molecule has 0 N–H and O–H groups in total. The molecule has 0 unspecified atom stereocenters. The van der Waals surface area contributed by atoms with Crippen molar-refractivity contribution in [1.82, 2.24) is 14.6 Å². The average molecular weight is 357 g/mol. The Kier molecular flexibility index (Phi) is 3.77. The number of nitrogens with zero attached hydrogens (tertiary/aromatic N) is 4. The molecule has 0 aliphatic carbocycles. The molecule has 0 atom stereocenters.